The van der Waals surface area contributed by atoms with Crippen LogP contribution in [0.15, 0.2) is 40.9 Å². The summed E-state index contributed by atoms with van der Waals surface area (Å²) in [6, 6.07) is 11.6. The Hall–Kier alpha value is -1.70. The molecule has 0 saturated carbocycles. The molecule has 2 aromatic rings. The summed E-state index contributed by atoms with van der Waals surface area (Å²) in [4.78, 5) is 0. The number of sulfonamides is 1. The molecule has 1 aromatic carbocycles. The summed E-state index contributed by atoms with van der Waals surface area (Å²) in [6.45, 7) is 3.14. The van der Waals surface area contributed by atoms with E-state index in [9.17, 15) is 8.42 Å². The van der Waals surface area contributed by atoms with Gasteiger partial charge in [0.1, 0.15) is 5.75 Å². The number of nitrogens with two attached hydrogens (primary N) is 1. The molecule has 2 atom stereocenters. The number of aryl methyl sites for hydroxylation is 1. The van der Waals surface area contributed by atoms with Crippen molar-refractivity contribution in [1.82, 2.24) is 9.46 Å². The van der Waals surface area contributed by atoms with Gasteiger partial charge < -0.3 is 10.3 Å². The van der Waals surface area contributed by atoms with Crippen LogP contribution in [0.5, 0.6) is 0 Å². The second-order valence-electron chi connectivity index (χ2n) is 6.02. The molecule has 23 heavy (non-hydrogen) atoms. The standard InChI is InChI=1S/C16H21N3O3S/c1-12-7-15(22-18-12)11-23(20,21)19-9-14(8-17)16(10-19)13-5-3-2-4-6-13/h2-7,14,16H,8-11,17H2,1H3/t14-,16+/m1/s1. The Morgan fingerprint density at radius 1 is 1.30 bits per heavy atom. The predicted octanol–water partition coefficient (Wildman–Crippen LogP) is 1.49. The molecule has 0 amide bonds. The van der Waals surface area contributed by atoms with E-state index < -0.39 is 10.0 Å². The van der Waals surface area contributed by atoms with E-state index in [0.717, 1.165) is 5.56 Å². The van der Waals surface area contributed by atoms with Crippen LogP contribution in [-0.4, -0.2) is 37.5 Å². The van der Waals surface area contributed by atoms with Gasteiger partial charge in [-0.15, -0.1) is 0 Å². The van der Waals surface area contributed by atoms with Crippen LogP contribution in [0.2, 0.25) is 0 Å². The van der Waals surface area contributed by atoms with E-state index in [-0.39, 0.29) is 17.6 Å². The third kappa shape index (κ3) is 3.46. The van der Waals surface area contributed by atoms with Crippen LogP contribution in [0, 0.1) is 12.8 Å². The van der Waals surface area contributed by atoms with E-state index in [0.29, 0.717) is 31.1 Å². The van der Waals surface area contributed by atoms with Gasteiger partial charge in [-0.25, -0.2) is 12.7 Å². The Kier molecular flexibility index (Phi) is 4.52. The van der Waals surface area contributed by atoms with Gasteiger partial charge in [-0.05, 0) is 24.9 Å². The number of aromatic nitrogens is 1. The third-order valence-electron chi connectivity index (χ3n) is 4.33. The van der Waals surface area contributed by atoms with Crippen molar-refractivity contribution < 1.29 is 12.9 Å². The van der Waals surface area contributed by atoms with E-state index in [1.807, 2.05) is 30.3 Å². The number of nitrogens with zero attached hydrogens (tertiary/aromatic N) is 2. The molecule has 0 spiro atoms. The molecule has 1 saturated heterocycles. The van der Waals surface area contributed by atoms with Gasteiger partial charge in [-0.3, -0.25) is 0 Å². The second kappa shape index (κ2) is 6.43. The van der Waals surface area contributed by atoms with Crippen LogP contribution in [-0.2, 0) is 15.8 Å². The highest BCUT2D eigenvalue weighted by Crippen LogP contribution is 2.34. The molecule has 1 fully saturated rings. The molecule has 2 N–H and O–H groups in total. The molecular weight excluding hydrogens is 314 g/mol. The minimum Gasteiger partial charge on any atom is -0.360 e. The first-order valence-electron chi connectivity index (χ1n) is 7.64. The Balaban J connectivity index is 1.78. The third-order valence-corrected chi connectivity index (χ3v) is 6.07. The summed E-state index contributed by atoms with van der Waals surface area (Å²) in [5.41, 5.74) is 7.69. The lowest BCUT2D eigenvalue weighted by molar-refractivity contribution is 0.384. The summed E-state index contributed by atoms with van der Waals surface area (Å²) >= 11 is 0. The predicted molar refractivity (Wildman–Crippen MR) is 87.2 cm³/mol. The number of hydrogen-bond donors (Lipinski definition) is 1. The average Bonchev–Trinajstić information content (AvgIpc) is 3.14. The summed E-state index contributed by atoms with van der Waals surface area (Å²) in [5, 5.41) is 3.74. The zero-order chi connectivity index (χ0) is 16.4. The summed E-state index contributed by atoms with van der Waals surface area (Å²) in [6.07, 6.45) is 0. The van der Waals surface area contributed by atoms with E-state index >= 15 is 0 Å². The molecule has 1 aromatic heterocycles. The summed E-state index contributed by atoms with van der Waals surface area (Å²) < 4.78 is 31.9. The molecule has 0 unspecified atom stereocenters. The monoisotopic (exact) mass is 335 g/mol. The summed E-state index contributed by atoms with van der Waals surface area (Å²) in [7, 11) is -3.44. The Labute approximate surface area is 136 Å². The molecule has 6 nitrogen and oxygen atoms in total. The number of rotatable bonds is 5. The molecule has 3 rings (SSSR count). The molecule has 0 bridgehead atoms. The highest BCUT2D eigenvalue weighted by Gasteiger charge is 2.39. The van der Waals surface area contributed by atoms with Crippen molar-refractivity contribution in [3.05, 3.63) is 53.4 Å². The maximum absolute atomic E-state index is 12.6. The lowest BCUT2D eigenvalue weighted by Crippen LogP contribution is -2.31. The van der Waals surface area contributed by atoms with Crippen molar-refractivity contribution in [2.75, 3.05) is 19.6 Å². The van der Waals surface area contributed by atoms with Gasteiger partial charge in [0.15, 0.2) is 5.76 Å². The zero-order valence-electron chi connectivity index (χ0n) is 13.1. The van der Waals surface area contributed by atoms with Crippen LogP contribution in [0.1, 0.15) is 22.9 Å². The molecule has 1 aliphatic heterocycles. The Morgan fingerprint density at radius 2 is 2.04 bits per heavy atom. The number of hydrogen-bond acceptors (Lipinski definition) is 5. The SMILES string of the molecule is Cc1cc(CS(=O)(=O)N2C[C@@H](CN)[C@H](c3ccccc3)C2)on1. The molecule has 2 heterocycles. The fourth-order valence-electron chi connectivity index (χ4n) is 3.13. The number of benzene rings is 1. The van der Waals surface area contributed by atoms with E-state index in [1.165, 1.54) is 4.31 Å². The fourth-order valence-corrected chi connectivity index (χ4v) is 4.62. The first-order chi connectivity index (χ1) is 11.0. The first kappa shape index (κ1) is 16.2. The van der Waals surface area contributed by atoms with Crippen LogP contribution < -0.4 is 5.73 Å². The van der Waals surface area contributed by atoms with Gasteiger partial charge in [0.25, 0.3) is 0 Å². The molecular formula is C16H21N3O3S. The van der Waals surface area contributed by atoms with Crippen LogP contribution in [0.25, 0.3) is 0 Å². The van der Waals surface area contributed by atoms with Crippen molar-refractivity contribution in [2.24, 2.45) is 11.7 Å². The zero-order valence-corrected chi connectivity index (χ0v) is 13.9. The lowest BCUT2D eigenvalue weighted by Gasteiger charge is -2.16. The van der Waals surface area contributed by atoms with Crippen LogP contribution in [0.4, 0.5) is 0 Å². The van der Waals surface area contributed by atoms with Crippen LogP contribution >= 0.6 is 0 Å². The van der Waals surface area contributed by atoms with Crippen molar-refractivity contribution in [3.63, 3.8) is 0 Å². The maximum atomic E-state index is 12.6. The van der Waals surface area contributed by atoms with Gasteiger partial charge in [-0.2, -0.15) is 0 Å². The highest BCUT2D eigenvalue weighted by atomic mass is 32.2. The molecule has 1 aliphatic rings. The first-order valence-corrected chi connectivity index (χ1v) is 9.25. The van der Waals surface area contributed by atoms with Crippen molar-refractivity contribution in [3.8, 4) is 0 Å². The van der Waals surface area contributed by atoms with Gasteiger partial charge in [0.2, 0.25) is 10.0 Å². The van der Waals surface area contributed by atoms with Crippen molar-refractivity contribution in [1.29, 1.82) is 0 Å². The largest absolute Gasteiger partial charge is 0.360 e. The summed E-state index contributed by atoms with van der Waals surface area (Å²) in [5.74, 6) is 0.471. The van der Waals surface area contributed by atoms with E-state index in [1.54, 1.807) is 13.0 Å². The van der Waals surface area contributed by atoms with Gasteiger partial charge in [-0.1, -0.05) is 35.5 Å². The quantitative estimate of drug-likeness (QED) is 0.894. The van der Waals surface area contributed by atoms with Crippen LogP contribution in [0.3, 0.4) is 0 Å². The topological polar surface area (TPSA) is 89.4 Å². The van der Waals surface area contributed by atoms with Crippen molar-refractivity contribution in [2.45, 2.75) is 18.6 Å². The van der Waals surface area contributed by atoms with Crippen molar-refractivity contribution >= 4 is 10.0 Å². The minimum atomic E-state index is -3.44. The van der Waals surface area contributed by atoms with E-state index in [4.69, 9.17) is 10.3 Å². The minimum absolute atomic E-state index is 0.128. The maximum Gasteiger partial charge on any atom is 0.221 e. The second-order valence-corrected chi connectivity index (χ2v) is 7.99. The van der Waals surface area contributed by atoms with Gasteiger partial charge >= 0.3 is 0 Å². The molecule has 0 aliphatic carbocycles. The highest BCUT2D eigenvalue weighted by molar-refractivity contribution is 7.88. The van der Waals surface area contributed by atoms with Gasteiger partial charge in [0, 0.05) is 25.1 Å². The normalized spacial score (nSPS) is 22.5. The van der Waals surface area contributed by atoms with E-state index in [2.05, 4.69) is 5.16 Å². The van der Waals surface area contributed by atoms with Gasteiger partial charge in [0.05, 0.1) is 5.69 Å². The Bertz CT molecular complexity index is 758. The lowest BCUT2D eigenvalue weighted by atomic mass is 9.89. The fraction of sp³-hybridized carbons (Fsp3) is 0.438. The molecule has 7 heteroatoms. The molecule has 124 valence electrons. The Morgan fingerprint density at radius 3 is 2.65 bits per heavy atom. The smallest absolute Gasteiger partial charge is 0.221 e. The molecule has 0 radical (unpaired) electrons. The average molecular weight is 335 g/mol.